The molecule has 1 saturated heterocycles. The number of hydrogen-bond acceptors (Lipinski definition) is 3. The van der Waals surface area contributed by atoms with E-state index in [1.54, 1.807) is 0 Å². The molecule has 0 aliphatic carbocycles. The first-order valence-electron chi connectivity index (χ1n) is 5.55. The van der Waals surface area contributed by atoms with Crippen LogP contribution in [0.1, 0.15) is 18.9 Å². The lowest BCUT2D eigenvalue weighted by atomic mass is 10.2. The van der Waals surface area contributed by atoms with Crippen molar-refractivity contribution in [3.05, 3.63) is 29.8 Å². The van der Waals surface area contributed by atoms with Crippen LogP contribution < -0.4 is 4.74 Å². The van der Waals surface area contributed by atoms with Crippen molar-refractivity contribution >= 4 is 9.84 Å². The van der Waals surface area contributed by atoms with Gasteiger partial charge in [-0.1, -0.05) is 19.1 Å². The van der Waals surface area contributed by atoms with Gasteiger partial charge in [-0.25, -0.2) is 8.42 Å². The highest BCUT2D eigenvalue weighted by atomic mass is 32.2. The molecular formula is C12H16O3S. The van der Waals surface area contributed by atoms with E-state index in [-0.39, 0.29) is 17.6 Å². The maximum absolute atomic E-state index is 11.3. The van der Waals surface area contributed by atoms with Crippen molar-refractivity contribution in [3.63, 3.8) is 0 Å². The van der Waals surface area contributed by atoms with Crippen LogP contribution in [0.25, 0.3) is 0 Å². The first-order valence-corrected chi connectivity index (χ1v) is 7.37. The van der Waals surface area contributed by atoms with Crippen molar-refractivity contribution in [1.82, 2.24) is 0 Å². The summed E-state index contributed by atoms with van der Waals surface area (Å²) < 4.78 is 28.2. The number of benzene rings is 1. The molecule has 0 radical (unpaired) electrons. The monoisotopic (exact) mass is 240 g/mol. The van der Waals surface area contributed by atoms with E-state index in [1.807, 2.05) is 24.3 Å². The Morgan fingerprint density at radius 1 is 1.44 bits per heavy atom. The molecule has 0 spiro atoms. The fourth-order valence-electron chi connectivity index (χ4n) is 1.89. The Bertz CT molecular complexity index is 465. The van der Waals surface area contributed by atoms with Gasteiger partial charge < -0.3 is 4.74 Å². The fraction of sp³-hybridized carbons (Fsp3) is 0.500. The third kappa shape index (κ3) is 2.76. The molecule has 1 aliphatic heterocycles. The van der Waals surface area contributed by atoms with E-state index in [2.05, 4.69) is 6.92 Å². The van der Waals surface area contributed by atoms with Crippen molar-refractivity contribution in [2.45, 2.75) is 25.9 Å². The zero-order chi connectivity index (χ0) is 11.6. The Balaban J connectivity index is 2.04. The summed E-state index contributed by atoms with van der Waals surface area (Å²) in [6.07, 6.45) is 1.40. The van der Waals surface area contributed by atoms with Crippen LogP contribution in [0.5, 0.6) is 5.75 Å². The van der Waals surface area contributed by atoms with Crippen LogP contribution in [0, 0.1) is 0 Å². The molecule has 1 aromatic rings. The third-order valence-corrected chi connectivity index (χ3v) is 4.54. The van der Waals surface area contributed by atoms with Gasteiger partial charge in [0.1, 0.15) is 11.9 Å². The van der Waals surface area contributed by atoms with E-state index < -0.39 is 9.84 Å². The molecule has 1 fully saturated rings. The van der Waals surface area contributed by atoms with Gasteiger partial charge in [0.05, 0.1) is 11.5 Å². The van der Waals surface area contributed by atoms with Gasteiger partial charge in [0.2, 0.25) is 0 Å². The van der Waals surface area contributed by atoms with Crippen LogP contribution in [0.15, 0.2) is 24.3 Å². The number of hydrogen-bond donors (Lipinski definition) is 0. The predicted molar refractivity (Wildman–Crippen MR) is 63.5 cm³/mol. The van der Waals surface area contributed by atoms with E-state index in [0.29, 0.717) is 6.42 Å². The summed E-state index contributed by atoms with van der Waals surface area (Å²) in [4.78, 5) is 0. The number of aryl methyl sites for hydroxylation is 1. The van der Waals surface area contributed by atoms with Crippen LogP contribution in [-0.4, -0.2) is 26.0 Å². The molecule has 2 rings (SSSR count). The summed E-state index contributed by atoms with van der Waals surface area (Å²) in [5, 5.41) is 0. The number of sulfone groups is 1. The maximum atomic E-state index is 11.3. The predicted octanol–water partition coefficient (Wildman–Crippen LogP) is 1.81. The van der Waals surface area contributed by atoms with Crippen LogP contribution in [0.2, 0.25) is 0 Å². The molecule has 0 amide bonds. The topological polar surface area (TPSA) is 43.4 Å². The molecule has 0 bridgehead atoms. The van der Waals surface area contributed by atoms with Crippen LogP contribution in [-0.2, 0) is 16.3 Å². The van der Waals surface area contributed by atoms with Gasteiger partial charge in [0.25, 0.3) is 0 Å². The van der Waals surface area contributed by atoms with Crippen molar-refractivity contribution in [1.29, 1.82) is 0 Å². The van der Waals surface area contributed by atoms with Crippen LogP contribution in [0.4, 0.5) is 0 Å². The van der Waals surface area contributed by atoms with Gasteiger partial charge in [-0.3, -0.25) is 0 Å². The van der Waals surface area contributed by atoms with Gasteiger partial charge in [-0.05, 0) is 30.5 Å². The highest BCUT2D eigenvalue weighted by Crippen LogP contribution is 2.20. The van der Waals surface area contributed by atoms with E-state index in [1.165, 1.54) is 5.56 Å². The molecule has 0 N–H and O–H groups in total. The second kappa shape index (κ2) is 4.45. The quantitative estimate of drug-likeness (QED) is 0.809. The minimum atomic E-state index is -2.86. The molecule has 0 aromatic heterocycles. The largest absolute Gasteiger partial charge is 0.489 e. The summed E-state index contributed by atoms with van der Waals surface area (Å²) >= 11 is 0. The molecular weight excluding hydrogens is 224 g/mol. The SMILES string of the molecule is CCc1cccc(OC2CCS(=O)(=O)C2)c1. The Kier molecular flexibility index (Phi) is 3.19. The molecule has 1 heterocycles. The first kappa shape index (κ1) is 11.5. The van der Waals surface area contributed by atoms with Crippen molar-refractivity contribution in [3.8, 4) is 5.75 Å². The number of ether oxygens (including phenoxy) is 1. The minimum Gasteiger partial charge on any atom is -0.489 e. The number of rotatable bonds is 3. The smallest absolute Gasteiger partial charge is 0.154 e. The summed E-state index contributed by atoms with van der Waals surface area (Å²) in [6.45, 7) is 2.08. The first-order chi connectivity index (χ1) is 7.59. The lowest BCUT2D eigenvalue weighted by Gasteiger charge is -2.12. The average Bonchev–Trinajstić information content (AvgIpc) is 2.58. The van der Waals surface area contributed by atoms with E-state index in [0.717, 1.165) is 12.2 Å². The van der Waals surface area contributed by atoms with Gasteiger partial charge in [-0.15, -0.1) is 0 Å². The molecule has 88 valence electrons. The van der Waals surface area contributed by atoms with Gasteiger partial charge in [0, 0.05) is 0 Å². The molecule has 1 unspecified atom stereocenters. The molecule has 1 aliphatic rings. The highest BCUT2D eigenvalue weighted by Gasteiger charge is 2.29. The molecule has 0 saturated carbocycles. The third-order valence-electron chi connectivity index (χ3n) is 2.80. The van der Waals surface area contributed by atoms with Gasteiger partial charge >= 0.3 is 0 Å². The average molecular weight is 240 g/mol. The van der Waals surface area contributed by atoms with Crippen molar-refractivity contribution in [2.24, 2.45) is 0 Å². The molecule has 4 heteroatoms. The maximum Gasteiger partial charge on any atom is 0.154 e. The highest BCUT2D eigenvalue weighted by molar-refractivity contribution is 7.91. The van der Waals surface area contributed by atoms with Gasteiger partial charge in [0.15, 0.2) is 9.84 Å². The Morgan fingerprint density at radius 3 is 2.88 bits per heavy atom. The minimum absolute atomic E-state index is 0.156. The zero-order valence-corrected chi connectivity index (χ0v) is 10.2. The Labute approximate surface area is 96.4 Å². The van der Waals surface area contributed by atoms with Gasteiger partial charge in [-0.2, -0.15) is 0 Å². The molecule has 3 nitrogen and oxygen atoms in total. The summed E-state index contributed by atoms with van der Waals surface area (Å²) in [7, 11) is -2.86. The standard InChI is InChI=1S/C12H16O3S/c1-2-10-4-3-5-11(8-10)15-12-6-7-16(13,14)9-12/h3-5,8,12H,2,6-7,9H2,1H3. The Hall–Kier alpha value is -1.03. The second-order valence-electron chi connectivity index (χ2n) is 4.14. The molecule has 1 aromatic carbocycles. The van der Waals surface area contributed by atoms with E-state index >= 15 is 0 Å². The second-order valence-corrected chi connectivity index (χ2v) is 6.37. The van der Waals surface area contributed by atoms with Crippen molar-refractivity contribution < 1.29 is 13.2 Å². The molecule has 1 atom stereocenters. The summed E-state index contributed by atoms with van der Waals surface area (Å²) in [5.74, 6) is 1.19. The lowest BCUT2D eigenvalue weighted by molar-refractivity contribution is 0.228. The molecule has 16 heavy (non-hydrogen) atoms. The van der Waals surface area contributed by atoms with E-state index in [4.69, 9.17) is 4.74 Å². The normalized spacial score (nSPS) is 23.2. The van der Waals surface area contributed by atoms with Crippen molar-refractivity contribution in [2.75, 3.05) is 11.5 Å². The Morgan fingerprint density at radius 2 is 2.25 bits per heavy atom. The summed E-state index contributed by atoms with van der Waals surface area (Å²) in [6, 6.07) is 7.84. The van der Waals surface area contributed by atoms with Crippen LogP contribution in [0.3, 0.4) is 0 Å². The fourth-order valence-corrected chi connectivity index (χ4v) is 3.47. The van der Waals surface area contributed by atoms with E-state index in [9.17, 15) is 8.42 Å². The zero-order valence-electron chi connectivity index (χ0n) is 9.35. The van der Waals surface area contributed by atoms with Crippen LogP contribution >= 0.6 is 0 Å². The summed E-state index contributed by atoms with van der Waals surface area (Å²) in [5.41, 5.74) is 1.21. The lowest BCUT2D eigenvalue weighted by Crippen LogP contribution is -2.17.